The molecule has 0 bridgehead atoms. The molecule has 1 aliphatic heterocycles. The Morgan fingerprint density at radius 1 is 1.15 bits per heavy atom. The van der Waals surface area contributed by atoms with Gasteiger partial charge in [0.1, 0.15) is 17.0 Å². The van der Waals surface area contributed by atoms with Crippen LogP contribution in [-0.4, -0.2) is 35.7 Å². The summed E-state index contributed by atoms with van der Waals surface area (Å²) < 4.78 is 11.9. The van der Waals surface area contributed by atoms with Gasteiger partial charge in [0.05, 0.1) is 12.8 Å². The number of halogens is 1. The van der Waals surface area contributed by atoms with Gasteiger partial charge >= 0.3 is 6.09 Å². The number of aromatic nitrogens is 1. The van der Waals surface area contributed by atoms with Gasteiger partial charge in [-0.1, -0.05) is 30.3 Å². The molecule has 0 radical (unpaired) electrons. The summed E-state index contributed by atoms with van der Waals surface area (Å²) in [5.74, 6) is 1.37. The van der Waals surface area contributed by atoms with Crippen molar-refractivity contribution in [2.45, 2.75) is 25.9 Å². The molecule has 0 saturated carbocycles. The van der Waals surface area contributed by atoms with E-state index in [0.29, 0.717) is 19.1 Å². The molecule has 1 fully saturated rings. The maximum absolute atomic E-state index is 12.2. The number of hydrogen-bond donors (Lipinski definition) is 0. The lowest BCUT2D eigenvalue weighted by Gasteiger charge is -2.31. The fourth-order valence-corrected chi connectivity index (χ4v) is 3.24. The van der Waals surface area contributed by atoms with Crippen LogP contribution >= 0.6 is 15.9 Å². The normalized spacial score (nSPS) is 14.9. The van der Waals surface area contributed by atoms with Gasteiger partial charge in [-0.3, -0.25) is 0 Å². The van der Waals surface area contributed by atoms with Crippen molar-refractivity contribution in [3.05, 3.63) is 58.8 Å². The molecule has 0 spiro atoms. The molecular weight excluding hydrogens is 396 g/mol. The van der Waals surface area contributed by atoms with Crippen molar-refractivity contribution in [3.8, 4) is 5.75 Å². The van der Waals surface area contributed by atoms with Gasteiger partial charge in [-0.05, 0) is 58.8 Å². The Bertz CT molecular complexity index is 686. The Kier molecular flexibility index (Phi) is 6.89. The summed E-state index contributed by atoms with van der Waals surface area (Å²) >= 11 is 3.31. The van der Waals surface area contributed by atoms with E-state index in [2.05, 4.69) is 20.9 Å². The molecule has 3 rings (SSSR count). The van der Waals surface area contributed by atoms with Crippen LogP contribution in [0.1, 0.15) is 24.8 Å². The van der Waals surface area contributed by atoms with Crippen molar-refractivity contribution < 1.29 is 14.3 Å². The van der Waals surface area contributed by atoms with E-state index in [1.807, 2.05) is 42.5 Å². The highest BCUT2D eigenvalue weighted by atomic mass is 79.9. The van der Waals surface area contributed by atoms with Crippen molar-refractivity contribution in [2.75, 3.05) is 19.7 Å². The number of benzene rings is 1. The van der Waals surface area contributed by atoms with Crippen LogP contribution in [0.4, 0.5) is 4.79 Å². The standard InChI is InChI=1S/C20H23BrN2O3/c21-19-7-6-18(14-22-19)25-13-10-16-8-11-23(12-9-16)20(24)26-15-17-4-2-1-3-5-17/h1-7,14,16H,8-13,15H2. The van der Waals surface area contributed by atoms with Crippen LogP contribution in [0.3, 0.4) is 0 Å². The number of carbonyl (C=O) groups excluding carboxylic acids is 1. The highest BCUT2D eigenvalue weighted by Gasteiger charge is 2.23. The predicted molar refractivity (Wildman–Crippen MR) is 103 cm³/mol. The molecule has 0 aliphatic carbocycles. The summed E-state index contributed by atoms with van der Waals surface area (Å²) in [4.78, 5) is 18.1. The van der Waals surface area contributed by atoms with Crippen molar-refractivity contribution >= 4 is 22.0 Å². The molecule has 2 heterocycles. The van der Waals surface area contributed by atoms with Crippen molar-refractivity contribution in [2.24, 2.45) is 5.92 Å². The minimum Gasteiger partial charge on any atom is -0.492 e. The molecule has 138 valence electrons. The first-order valence-electron chi connectivity index (χ1n) is 8.90. The lowest BCUT2D eigenvalue weighted by atomic mass is 9.94. The molecule has 1 aromatic heterocycles. The molecule has 1 aliphatic rings. The zero-order valence-corrected chi connectivity index (χ0v) is 16.2. The molecule has 0 atom stereocenters. The third-order valence-electron chi connectivity index (χ3n) is 4.57. The van der Waals surface area contributed by atoms with Crippen molar-refractivity contribution in [1.29, 1.82) is 0 Å². The zero-order valence-electron chi connectivity index (χ0n) is 14.6. The minimum absolute atomic E-state index is 0.218. The Morgan fingerprint density at radius 2 is 1.92 bits per heavy atom. The number of amides is 1. The molecule has 1 saturated heterocycles. The molecule has 0 unspecified atom stereocenters. The summed E-state index contributed by atoms with van der Waals surface area (Å²) in [5.41, 5.74) is 1.01. The summed E-state index contributed by atoms with van der Waals surface area (Å²) in [6.07, 6.45) is 4.47. The first-order chi connectivity index (χ1) is 12.7. The summed E-state index contributed by atoms with van der Waals surface area (Å²) in [5, 5.41) is 0. The fourth-order valence-electron chi connectivity index (χ4n) is 3.01. The van der Waals surface area contributed by atoms with Gasteiger partial charge in [0, 0.05) is 13.1 Å². The van der Waals surface area contributed by atoms with Crippen LogP contribution in [0.5, 0.6) is 5.75 Å². The van der Waals surface area contributed by atoms with E-state index in [9.17, 15) is 4.79 Å². The molecule has 5 nitrogen and oxygen atoms in total. The van der Waals surface area contributed by atoms with Crippen molar-refractivity contribution in [1.82, 2.24) is 9.88 Å². The van der Waals surface area contributed by atoms with Gasteiger partial charge in [0.2, 0.25) is 0 Å². The maximum Gasteiger partial charge on any atom is 0.410 e. The predicted octanol–water partition coefficient (Wildman–Crippen LogP) is 4.66. The number of piperidine rings is 1. The SMILES string of the molecule is O=C(OCc1ccccc1)N1CCC(CCOc2ccc(Br)nc2)CC1. The van der Waals surface area contributed by atoms with Crippen LogP contribution in [0.15, 0.2) is 53.3 Å². The Morgan fingerprint density at radius 3 is 2.62 bits per heavy atom. The van der Waals surface area contributed by atoms with E-state index >= 15 is 0 Å². The second kappa shape index (κ2) is 9.57. The maximum atomic E-state index is 12.2. The largest absolute Gasteiger partial charge is 0.492 e. The van der Waals surface area contributed by atoms with Gasteiger partial charge in [-0.25, -0.2) is 9.78 Å². The molecule has 0 N–H and O–H groups in total. The van der Waals surface area contributed by atoms with E-state index in [4.69, 9.17) is 9.47 Å². The summed E-state index contributed by atoms with van der Waals surface area (Å²) in [6, 6.07) is 13.5. The molecular formula is C20H23BrN2O3. The Hall–Kier alpha value is -2.08. The second-order valence-corrected chi connectivity index (χ2v) is 7.24. The summed E-state index contributed by atoms with van der Waals surface area (Å²) in [7, 11) is 0. The number of ether oxygens (including phenoxy) is 2. The quantitative estimate of drug-likeness (QED) is 0.639. The first kappa shape index (κ1) is 18.7. The third kappa shape index (κ3) is 5.73. The van der Waals surface area contributed by atoms with Gasteiger partial charge in [-0.15, -0.1) is 0 Å². The number of carbonyl (C=O) groups is 1. The molecule has 26 heavy (non-hydrogen) atoms. The van der Waals surface area contributed by atoms with Crippen LogP contribution in [0.2, 0.25) is 0 Å². The Labute approximate surface area is 162 Å². The van der Waals surface area contributed by atoms with Crippen LogP contribution < -0.4 is 4.74 Å². The lowest BCUT2D eigenvalue weighted by molar-refractivity contribution is 0.0800. The topological polar surface area (TPSA) is 51.7 Å². The zero-order chi connectivity index (χ0) is 18.2. The number of rotatable bonds is 6. The number of nitrogens with zero attached hydrogens (tertiary/aromatic N) is 2. The minimum atomic E-state index is -0.218. The summed E-state index contributed by atoms with van der Waals surface area (Å²) in [6.45, 7) is 2.50. The highest BCUT2D eigenvalue weighted by Crippen LogP contribution is 2.22. The Balaban J connectivity index is 1.33. The van der Waals surface area contributed by atoms with Gasteiger partial charge in [0.15, 0.2) is 0 Å². The van der Waals surface area contributed by atoms with E-state index in [-0.39, 0.29) is 6.09 Å². The van der Waals surface area contributed by atoms with Gasteiger partial charge in [-0.2, -0.15) is 0 Å². The van der Waals surface area contributed by atoms with Gasteiger partial charge in [0.25, 0.3) is 0 Å². The monoisotopic (exact) mass is 418 g/mol. The second-order valence-electron chi connectivity index (χ2n) is 6.42. The molecule has 6 heteroatoms. The van der Waals surface area contributed by atoms with Gasteiger partial charge < -0.3 is 14.4 Å². The van der Waals surface area contributed by atoms with E-state index in [0.717, 1.165) is 48.3 Å². The number of hydrogen-bond acceptors (Lipinski definition) is 4. The third-order valence-corrected chi connectivity index (χ3v) is 5.04. The number of pyridine rings is 1. The van der Waals surface area contributed by atoms with Crippen LogP contribution in [0, 0.1) is 5.92 Å². The molecule has 1 aromatic carbocycles. The smallest absolute Gasteiger partial charge is 0.410 e. The van der Waals surface area contributed by atoms with Crippen molar-refractivity contribution in [3.63, 3.8) is 0 Å². The van der Waals surface area contributed by atoms with E-state index in [1.54, 1.807) is 11.1 Å². The number of likely N-dealkylation sites (tertiary alicyclic amines) is 1. The fraction of sp³-hybridized carbons (Fsp3) is 0.400. The average Bonchev–Trinajstić information content (AvgIpc) is 2.69. The molecule has 1 amide bonds. The van der Waals surface area contributed by atoms with Crippen LogP contribution in [0.25, 0.3) is 0 Å². The first-order valence-corrected chi connectivity index (χ1v) is 9.70. The lowest BCUT2D eigenvalue weighted by Crippen LogP contribution is -2.39. The highest BCUT2D eigenvalue weighted by molar-refractivity contribution is 9.10. The molecule has 2 aromatic rings. The van der Waals surface area contributed by atoms with E-state index in [1.165, 1.54) is 0 Å². The average molecular weight is 419 g/mol. The van der Waals surface area contributed by atoms with E-state index < -0.39 is 0 Å². The van der Waals surface area contributed by atoms with Crippen LogP contribution in [-0.2, 0) is 11.3 Å².